The average molecular weight is 154 g/mol. The van der Waals surface area contributed by atoms with Crippen molar-refractivity contribution >= 4 is 0 Å². The lowest BCUT2D eigenvalue weighted by molar-refractivity contribution is 0.0955. The third-order valence-corrected chi connectivity index (χ3v) is 3.71. The molecule has 0 saturated heterocycles. The van der Waals surface area contributed by atoms with E-state index in [9.17, 15) is 5.11 Å². The molecule has 2 saturated carbocycles. The lowest BCUT2D eigenvalue weighted by atomic mass is 9.78. The lowest BCUT2D eigenvalue weighted by Gasteiger charge is -2.28. The van der Waals surface area contributed by atoms with Crippen molar-refractivity contribution in [2.24, 2.45) is 17.8 Å². The van der Waals surface area contributed by atoms with E-state index in [4.69, 9.17) is 0 Å². The Bertz CT molecular complexity index is 128. The minimum absolute atomic E-state index is 0.0373. The van der Waals surface area contributed by atoms with Crippen molar-refractivity contribution in [2.45, 2.75) is 45.1 Å². The molecule has 2 aliphatic rings. The Morgan fingerprint density at radius 1 is 1.09 bits per heavy atom. The van der Waals surface area contributed by atoms with Crippen molar-refractivity contribution in [1.29, 1.82) is 0 Å². The van der Waals surface area contributed by atoms with E-state index in [0.717, 1.165) is 18.3 Å². The number of rotatable bonds is 0. The second-order valence-corrected chi connectivity index (χ2v) is 4.39. The van der Waals surface area contributed by atoms with E-state index in [2.05, 4.69) is 6.92 Å². The predicted molar refractivity (Wildman–Crippen MR) is 45.2 cm³/mol. The van der Waals surface area contributed by atoms with E-state index < -0.39 is 0 Å². The molecule has 1 N–H and O–H groups in total. The van der Waals surface area contributed by atoms with Crippen LogP contribution in [-0.2, 0) is 0 Å². The van der Waals surface area contributed by atoms with Gasteiger partial charge in [0.1, 0.15) is 0 Å². The lowest BCUT2D eigenvalue weighted by Crippen LogP contribution is -2.23. The van der Waals surface area contributed by atoms with E-state index in [-0.39, 0.29) is 6.10 Å². The van der Waals surface area contributed by atoms with Gasteiger partial charge in [0.15, 0.2) is 0 Å². The van der Waals surface area contributed by atoms with Crippen LogP contribution in [0.5, 0.6) is 0 Å². The van der Waals surface area contributed by atoms with Gasteiger partial charge in [-0.2, -0.15) is 0 Å². The molecule has 4 unspecified atom stereocenters. The van der Waals surface area contributed by atoms with Crippen LogP contribution < -0.4 is 0 Å². The Morgan fingerprint density at radius 3 is 2.36 bits per heavy atom. The Balaban J connectivity index is 2.07. The van der Waals surface area contributed by atoms with E-state index in [1.807, 2.05) is 0 Å². The van der Waals surface area contributed by atoms with Crippen LogP contribution in [0.3, 0.4) is 0 Å². The molecule has 0 aromatic rings. The molecule has 2 rings (SSSR count). The van der Waals surface area contributed by atoms with E-state index in [0.29, 0.717) is 5.92 Å². The van der Waals surface area contributed by atoms with Gasteiger partial charge in [-0.05, 0) is 37.0 Å². The number of hydrogen-bond donors (Lipinski definition) is 1. The first kappa shape index (κ1) is 7.60. The van der Waals surface area contributed by atoms with Crippen LogP contribution in [0.2, 0.25) is 0 Å². The minimum atomic E-state index is 0.0373. The van der Waals surface area contributed by atoms with Crippen LogP contribution in [0.15, 0.2) is 0 Å². The highest BCUT2D eigenvalue weighted by Crippen LogP contribution is 2.45. The molecule has 2 fully saturated rings. The van der Waals surface area contributed by atoms with Gasteiger partial charge in [0, 0.05) is 0 Å². The fourth-order valence-corrected chi connectivity index (χ4v) is 3.10. The molecule has 1 nitrogen and oxygen atoms in total. The summed E-state index contributed by atoms with van der Waals surface area (Å²) >= 11 is 0. The van der Waals surface area contributed by atoms with Gasteiger partial charge in [-0.3, -0.25) is 0 Å². The monoisotopic (exact) mass is 154 g/mol. The topological polar surface area (TPSA) is 20.2 Å². The van der Waals surface area contributed by atoms with Crippen molar-refractivity contribution in [3.8, 4) is 0 Å². The molecule has 11 heavy (non-hydrogen) atoms. The average Bonchev–Trinajstić information content (AvgIpc) is 2.30. The third kappa shape index (κ3) is 1.20. The second-order valence-electron chi connectivity index (χ2n) is 4.39. The number of aliphatic hydroxyl groups excluding tert-OH is 1. The van der Waals surface area contributed by atoms with Gasteiger partial charge in [0.2, 0.25) is 0 Å². The number of aliphatic hydroxyl groups is 1. The highest BCUT2D eigenvalue weighted by molar-refractivity contribution is 4.91. The van der Waals surface area contributed by atoms with Gasteiger partial charge in [0.05, 0.1) is 6.10 Å². The van der Waals surface area contributed by atoms with Crippen molar-refractivity contribution in [1.82, 2.24) is 0 Å². The highest BCUT2D eigenvalue weighted by atomic mass is 16.3. The standard InChI is InChI=1S/C10H18O/c1-7-6-10(11)9-5-3-2-4-8(7)9/h7-11H,2-6H2,1H3. The zero-order valence-electron chi connectivity index (χ0n) is 7.29. The summed E-state index contributed by atoms with van der Waals surface area (Å²) < 4.78 is 0. The molecule has 0 aromatic carbocycles. The zero-order valence-corrected chi connectivity index (χ0v) is 7.29. The molecule has 64 valence electrons. The van der Waals surface area contributed by atoms with Crippen LogP contribution >= 0.6 is 0 Å². The van der Waals surface area contributed by atoms with Crippen LogP contribution in [0, 0.1) is 17.8 Å². The molecule has 0 amide bonds. The normalized spacial score (nSPS) is 50.7. The number of fused-ring (bicyclic) bond motifs is 1. The molecular weight excluding hydrogens is 136 g/mol. The maximum Gasteiger partial charge on any atom is 0.0573 e. The fraction of sp³-hybridized carbons (Fsp3) is 1.00. The smallest absolute Gasteiger partial charge is 0.0573 e. The van der Waals surface area contributed by atoms with Gasteiger partial charge in [0.25, 0.3) is 0 Å². The molecule has 1 heteroatoms. The van der Waals surface area contributed by atoms with Gasteiger partial charge < -0.3 is 5.11 Å². The third-order valence-electron chi connectivity index (χ3n) is 3.71. The summed E-state index contributed by atoms with van der Waals surface area (Å²) in [6.07, 6.45) is 6.52. The van der Waals surface area contributed by atoms with Crippen molar-refractivity contribution in [2.75, 3.05) is 0 Å². The first-order chi connectivity index (χ1) is 5.29. The Kier molecular flexibility index (Phi) is 1.92. The maximum absolute atomic E-state index is 9.69. The molecule has 0 bridgehead atoms. The zero-order chi connectivity index (χ0) is 7.84. The fourth-order valence-electron chi connectivity index (χ4n) is 3.10. The predicted octanol–water partition coefficient (Wildman–Crippen LogP) is 2.19. The van der Waals surface area contributed by atoms with Crippen LogP contribution in [0.4, 0.5) is 0 Å². The van der Waals surface area contributed by atoms with Gasteiger partial charge >= 0.3 is 0 Å². The van der Waals surface area contributed by atoms with E-state index >= 15 is 0 Å². The summed E-state index contributed by atoms with van der Waals surface area (Å²) in [7, 11) is 0. The molecule has 0 radical (unpaired) electrons. The molecular formula is C10H18O. The SMILES string of the molecule is CC1CC(O)C2CCCCC12. The van der Waals surface area contributed by atoms with E-state index in [1.165, 1.54) is 25.7 Å². The summed E-state index contributed by atoms with van der Waals surface area (Å²) in [6.45, 7) is 2.30. The second kappa shape index (κ2) is 2.78. The van der Waals surface area contributed by atoms with Gasteiger partial charge in [-0.15, -0.1) is 0 Å². The quantitative estimate of drug-likeness (QED) is 0.567. The van der Waals surface area contributed by atoms with Crippen molar-refractivity contribution < 1.29 is 5.11 Å². The van der Waals surface area contributed by atoms with Crippen LogP contribution in [-0.4, -0.2) is 11.2 Å². The molecule has 0 aliphatic heterocycles. The van der Waals surface area contributed by atoms with Gasteiger partial charge in [-0.1, -0.05) is 19.8 Å². The summed E-state index contributed by atoms with van der Waals surface area (Å²) in [5.74, 6) is 2.31. The summed E-state index contributed by atoms with van der Waals surface area (Å²) in [4.78, 5) is 0. The summed E-state index contributed by atoms with van der Waals surface area (Å²) in [5.41, 5.74) is 0. The Morgan fingerprint density at radius 2 is 1.73 bits per heavy atom. The van der Waals surface area contributed by atoms with Crippen LogP contribution in [0.25, 0.3) is 0 Å². The molecule has 0 heterocycles. The van der Waals surface area contributed by atoms with Crippen LogP contribution in [0.1, 0.15) is 39.0 Å². The molecule has 4 atom stereocenters. The minimum Gasteiger partial charge on any atom is -0.393 e. The summed E-state index contributed by atoms with van der Waals surface area (Å²) in [6, 6.07) is 0. The Hall–Kier alpha value is -0.0400. The largest absolute Gasteiger partial charge is 0.393 e. The maximum atomic E-state index is 9.69. The van der Waals surface area contributed by atoms with Crippen molar-refractivity contribution in [3.05, 3.63) is 0 Å². The number of hydrogen-bond acceptors (Lipinski definition) is 1. The first-order valence-corrected chi connectivity index (χ1v) is 4.97. The molecule has 0 spiro atoms. The summed E-state index contributed by atoms with van der Waals surface area (Å²) in [5, 5.41) is 9.69. The highest BCUT2D eigenvalue weighted by Gasteiger charge is 2.40. The molecule has 0 aromatic heterocycles. The Labute approximate surface area is 68.8 Å². The van der Waals surface area contributed by atoms with E-state index in [1.54, 1.807) is 0 Å². The van der Waals surface area contributed by atoms with Crippen molar-refractivity contribution in [3.63, 3.8) is 0 Å². The molecule has 2 aliphatic carbocycles. The first-order valence-electron chi connectivity index (χ1n) is 4.97. The van der Waals surface area contributed by atoms with Gasteiger partial charge in [-0.25, -0.2) is 0 Å².